The highest BCUT2D eigenvalue weighted by Crippen LogP contribution is 2.32. The molecule has 0 amide bonds. The zero-order chi connectivity index (χ0) is 21.1. The van der Waals surface area contributed by atoms with Gasteiger partial charge in [-0.25, -0.2) is 17.8 Å². The number of rotatable bonds is 6. The Bertz CT molecular complexity index is 1120. The van der Waals surface area contributed by atoms with Crippen LogP contribution in [-0.4, -0.2) is 37.3 Å². The van der Waals surface area contributed by atoms with Crippen LogP contribution in [0.5, 0.6) is 0 Å². The fraction of sp³-hybridized carbons (Fsp3) is 0.318. The number of hydrogen-bond donors (Lipinski definition) is 1. The quantitative estimate of drug-likeness (QED) is 0.594. The summed E-state index contributed by atoms with van der Waals surface area (Å²) < 4.78 is 40.8. The van der Waals surface area contributed by atoms with Crippen molar-refractivity contribution in [2.75, 3.05) is 25.0 Å². The lowest BCUT2D eigenvalue weighted by Crippen LogP contribution is -2.40. The molecule has 0 atom stereocenters. The van der Waals surface area contributed by atoms with Crippen molar-refractivity contribution < 1.29 is 12.8 Å². The standard InChI is InChI=1S/C22H24FN3O2S2/c1-16-6-2-3-7-18(16)20-15-25-22(29-20)24-14-17-10-12-26(13-11-17)30(27,28)21-9-5-4-8-19(21)23/h2-9,15,17H,10-14H2,1H3,(H,24,25). The molecule has 1 aliphatic rings. The second-order valence-electron chi connectivity index (χ2n) is 7.50. The van der Waals surface area contributed by atoms with Gasteiger partial charge in [-0.15, -0.1) is 0 Å². The Hall–Kier alpha value is -2.29. The smallest absolute Gasteiger partial charge is 0.245 e. The van der Waals surface area contributed by atoms with Crippen molar-refractivity contribution >= 4 is 26.5 Å². The molecule has 158 valence electrons. The van der Waals surface area contributed by atoms with Gasteiger partial charge in [0, 0.05) is 25.8 Å². The van der Waals surface area contributed by atoms with E-state index >= 15 is 0 Å². The first-order valence-corrected chi connectivity index (χ1v) is 12.2. The number of nitrogens with zero attached hydrogens (tertiary/aromatic N) is 2. The van der Waals surface area contributed by atoms with Crippen LogP contribution in [0.2, 0.25) is 0 Å². The van der Waals surface area contributed by atoms with E-state index in [1.54, 1.807) is 17.4 Å². The predicted octanol–water partition coefficient (Wildman–Crippen LogP) is 4.77. The largest absolute Gasteiger partial charge is 0.361 e. The lowest BCUT2D eigenvalue weighted by atomic mass is 9.98. The molecular weight excluding hydrogens is 421 g/mol. The molecule has 1 fully saturated rings. The molecule has 0 saturated carbocycles. The molecule has 0 aliphatic carbocycles. The fourth-order valence-corrected chi connectivity index (χ4v) is 6.16. The zero-order valence-corrected chi connectivity index (χ0v) is 18.3. The van der Waals surface area contributed by atoms with Gasteiger partial charge in [-0.05, 0) is 48.9 Å². The summed E-state index contributed by atoms with van der Waals surface area (Å²) in [7, 11) is -3.79. The number of anilines is 1. The molecule has 5 nitrogen and oxygen atoms in total. The van der Waals surface area contributed by atoms with Gasteiger partial charge in [-0.2, -0.15) is 4.31 Å². The van der Waals surface area contributed by atoms with Crippen LogP contribution in [0.15, 0.2) is 59.6 Å². The fourth-order valence-electron chi connectivity index (χ4n) is 3.71. The molecule has 0 bridgehead atoms. The van der Waals surface area contributed by atoms with Crippen LogP contribution in [0.4, 0.5) is 9.52 Å². The number of halogens is 1. The van der Waals surface area contributed by atoms with E-state index in [1.807, 2.05) is 18.3 Å². The van der Waals surface area contributed by atoms with E-state index in [9.17, 15) is 12.8 Å². The SMILES string of the molecule is Cc1ccccc1-c1cnc(NCC2CCN(S(=O)(=O)c3ccccc3F)CC2)s1. The number of hydrogen-bond acceptors (Lipinski definition) is 5. The van der Waals surface area contributed by atoms with Gasteiger partial charge >= 0.3 is 0 Å². The normalized spacial score (nSPS) is 15.9. The molecule has 0 radical (unpaired) electrons. The Labute approximate surface area is 180 Å². The van der Waals surface area contributed by atoms with Crippen LogP contribution in [0, 0.1) is 18.7 Å². The molecule has 1 saturated heterocycles. The summed E-state index contributed by atoms with van der Waals surface area (Å²) in [6.07, 6.45) is 3.35. The van der Waals surface area contributed by atoms with E-state index < -0.39 is 15.8 Å². The third-order valence-corrected chi connectivity index (χ3v) is 8.41. The molecule has 1 aliphatic heterocycles. The minimum absolute atomic E-state index is 0.243. The first kappa shape index (κ1) is 21.0. The lowest BCUT2D eigenvalue weighted by Gasteiger charge is -2.31. The molecule has 1 aromatic heterocycles. The lowest BCUT2D eigenvalue weighted by molar-refractivity contribution is 0.281. The highest BCUT2D eigenvalue weighted by Gasteiger charge is 2.31. The number of aryl methyl sites for hydroxylation is 1. The summed E-state index contributed by atoms with van der Waals surface area (Å²) in [4.78, 5) is 5.36. The van der Waals surface area contributed by atoms with Crippen LogP contribution in [0.3, 0.4) is 0 Å². The Morgan fingerprint density at radius 3 is 2.57 bits per heavy atom. The zero-order valence-electron chi connectivity index (χ0n) is 16.7. The monoisotopic (exact) mass is 445 g/mol. The highest BCUT2D eigenvalue weighted by molar-refractivity contribution is 7.89. The molecule has 3 aromatic rings. The molecule has 0 spiro atoms. The molecule has 2 heterocycles. The molecular formula is C22H24FN3O2S2. The van der Waals surface area contributed by atoms with Crippen LogP contribution in [-0.2, 0) is 10.0 Å². The second-order valence-corrected chi connectivity index (χ2v) is 10.4. The van der Waals surface area contributed by atoms with Crippen molar-refractivity contribution in [2.45, 2.75) is 24.7 Å². The Balaban J connectivity index is 1.33. The van der Waals surface area contributed by atoms with E-state index in [1.165, 1.54) is 33.6 Å². The highest BCUT2D eigenvalue weighted by atomic mass is 32.2. The van der Waals surface area contributed by atoms with Crippen LogP contribution < -0.4 is 5.32 Å². The average molecular weight is 446 g/mol. The van der Waals surface area contributed by atoms with Crippen molar-refractivity contribution in [3.63, 3.8) is 0 Å². The van der Waals surface area contributed by atoms with Crippen LogP contribution >= 0.6 is 11.3 Å². The van der Waals surface area contributed by atoms with Gasteiger partial charge in [0.15, 0.2) is 5.13 Å². The third kappa shape index (κ3) is 4.40. The van der Waals surface area contributed by atoms with E-state index in [2.05, 4.69) is 29.4 Å². The van der Waals surface area contributed by atoms with Crippen molar-refractivity contribution in [2.24, 2.45) is 5.92 Å². The minimum Gasteiger partial charge on any atom is -0.361 e. The molecule has 0 unspecified atom stereocenters. The van der Waals surface area contributed by atoms with Gasteiger partial charge in [-0.3, -0.25) is 0 Å². The summed E-state index contributed by atoms with van der Waals surface area (Å²) in [5, 5.41) is 4.27. The molecule has 4 rings (SSSR count). The van der Waals surface area contributed by atoms with Gasteiger partial charge in [0.2, 0.25) is 10.0 Å². The van der Waals surface area contributed by atoms with Gasteiger partial charge < -0.3 is 5.32 Å². The maximum atomic E-state index is 14.0. The van der Waals surface area contributed by atoms with Gasteiger partial charge in [0.05, 0.1) is 4.88 Å². The predicted molar refractivity (Wildman–Crippen MR) is 119 cm³/mol. The van der Waals surface area contributed by atoms with E-state index in [0.29, 0.717) is 19.0 Å². The van der Waals surface area contributed by atoms with Crippen molar-refractivity contribution in [1.82, 2.24) is 9.29 Å². The molecule has 1 N–H and O–H groups in total. The van der Waals surface area contributed by atoms with Crippen LogP contribution in [0.1, 0.15) is 18.4 Å². The minimum atomic E-state index is -3.79. The number of piperidine rings is 1. The molecule has 2 aromatic carbocycles. The van der Waals surface area contributed by atoms with E-state index in [4.69, 9.17) is 0 Å². The molecule has 8 heteroatoms. The van der Waals surface area contributed by atoms with E-state index in [-0.39, 0.29) is 4.90 Å². The number of sulfonamides is 1. The van der Waals surface area contributed by atoms with Crippen molar-refractivity contribution in [1.29, 1.82) is 0 Å². The van der Waals surface area contributed by atoms with Crippen LogP contribution in [0.25, 0.3) is 10.4 Å². The number of thiazole rings is 1. The van der Waals surface area contributed by atoms with Gasteiger partial charge in [-0.1, -0.05) is 47.7 Å². The number of benzene rings is 2. The summed E-state index contributed by atoms with van der Waals surface area (Å²) in [5.41, 5.74) is 2.41. The topological polar surface area (TPSA) is 62.3 Å². The van der Waals surface area contributed by atoms with Crippen molar-refractivity contribution in [3.8, 4) is 10.4 Å². The maximum absolute atomic E-state index is 14.0. The van der Waals surface area contributed by atoms with Gasteiger partial charge in [0.1, 0.15) is 10.7 Å². The Morgan fingerprint density at radius 1 is 1.13 bits per heavy atom. The average Bonchev–Trinajstić information content (AvgIpc) is 3.22. The molecule has 30 heavy (non-hydrogen) atoms. The first-order chi connectivity index (χ1) is 14.4. The third-order valence-electron chi connectivity index (χ3n) is 5.49. The van der Waals surface area contributed by atoms with E-state index in [0.717, 1.165) is 29.4 Å². The maximum Gasteiger partial charge on any atom is 0.245 e. The summed E-state index contributed by atoms with van der Waals surface area (Å²) in [6, 6.07) is 13.8. The number of aromatic nitrogens is 1. The van der Waals surface area contributed by atoms with Gasteiger partial charge in [0.25, 0.3) is 0 Å². The second kappa shape index (κ2) is 8.83. The first-order valence-electron chi connectivity index (χ1n) is 9.95. The van der Waals surface area contributed by atoms with Crippen molar-refractivity contribution in [3.05, 3.63) is 66.1 Å². The number of nitrogens with one attached hydrogen (secondary N) is 1. The Morgan fingerprint density at radius 2 is 1.83 bits per heavy atom. The summed E-state index contributed by atoms with van der Waals surface area (Å²) >= 11 is 1.62. The Kier molecular flexibility index (Phi) is 6.17. The summed E-state index contributed by atoms with van der Waals surface area (Å²) in [6.45, 7) is 3.63. The summed E-state index contributed by atoms with van der Waals surface area (Å²) in [5.74, 6) is -0.350.